The average Bonchev–Trinajstić information content (AvgIpc) is 2.56. The van der Waals surface area contributed by atoms with Crippen LogP contribution in [0.2, 0.25) is 0 Å². The number of benzene rings is 1. The molecule has 0 aliphatic heterocycles. The van der Waals surface area contributed by atoms with Crippen molar-refractivity contribution in [1.82, 2.24) is 0 Å². The zero-order valence-electron chi connectivity index (χ0n) is 14.3. The summed E-state index contributed by atoms with van der Waals surface area (Å²) in [6, 6.07) is 0.813. The lowest BCUT2D eigenvalue weighted by molar-refractivity contribution is -0.476. The number of halogens is 12. The first-order valence-electron chi connectivity index (χ1n) is 7.11. The number of nitro benzene ring substituents is 1. The third kappa shape index (κ3) is 5.34. The van der Waals surface area contributed by atoms with E-state index in [0.29, 0.717) is 12.1 Å². The van der Waals surface area contributed by atoms with E-state index in [1.54, 1.807) is 4.74 Å². The molecular weight excluding hydrogens is 514 g/mol. The van der Waals surface area contributed by atoms with Crippen LogP contribution in [0.5, 0.6) is 0 Å². The molecule has 32 heavy (non-hydrogen) atoms. The van der Waals surface area contributed by atoms with E-state index in [-0.39, 0.29) is 6.07 Å². The second-order valence-electron chi connectivity index (χ2n) is 5.42. The fourth-order valence-corrected chi connectivity index (χ4v) is 2.55. The highest BCUT2D eigenvalue weighted by atomic mass is 32.2. The molecule has 0 bridgehead atoms. The Morgan fingerprint density at radius 1 is 0.875 bits per heavy atom. The maximum Gasteiger partial charge on any atom is 0.483 e. The highest BCUT2D eigenvalue weighted by molar-refractivity contribution is 7.87. The van der Waals surface area contributed by atoms with Crippen molar-refractivity contribution in [2.45, 2.75) is 36.4 Å². The van der Waals surface area contributed by atoms with Crippen LogP contribution < -0.4 is 0 Å². The molecule has 1 rings (SSSR count). The van der Waals surface area contributed by atoms with Gasteiger partial charge in [0, 0.05) is 6.07 Å². The summed E-state index contributed by atoms with van der Waals surface area (Å²) in [5, 5.41) is 3.76. The van der Waals surface area contributed by atoms with E-state index in [1.165, 1.54) is 0 Å². The number of nitro groups is 1. The topological polar surface area (TPSA) is 95.7 Å². The Morgan fingerprint density at radius 3 is 1.78 bits per heavy atom. The molecule has 20 heteroatoms. The lowest BCUT2D eigenvalue weighted by Gasteiger charge is -2.29. The molecule has 0 saturated carbocycles. The minimum Gasteiger partial charge on any atom is -0.260 e. The molecule has 0 aliphatic carbocycles. The van der Waals surface area contributed by atoms with Gasteiger partial charge < -0.3 is 0 Å². The lowest BCUT2D eigenvalue weighted by atomic mass is 10.1. The second-order valence-corrected chi connectivity index (χ2v) is 7.08. The predicted molar refractivity (Wildman–Crippen MR) is 73.8 cm³/mol. The zero-order valence-corrected chi connectivity index (χ0v) is 15.1. The Labute approximate surface area is 167 Å². The first kappa shape index (κ1) is 27.7. The van der Waals surface area contributed by atoms with E-state index in [9.17, 15) is 71.2 Å². The van der Waals surface area contributed by atoms with Gasteiger partial charge in [0.1, 0.15) is 0 Å². The number of rotatable bonds is 8. The van der Waals surface area contributed by atoms with Crippen LogP contribution in [0.4, 0.5) is 58.4 Å². The number of ether oxygens (including phenoxy) is 1. The number of nitrogens with zero attached hydrogens (tertiary/aromatic N) is 1. The van der Waals surface area contributed by atoms with Crippen molar-refractivity contribution < 1.29 is 74.9 Å². The first-order chi connectivity index (χ1) is 14.0. The largest absolute Gasteiger partial charge is 0.483 e. The van der Waals surface area contributed by atoms with E-state index in [2.05, 4.69) is 4.18 Å². The van der Waals surface area contributed by atoms with Crippen molar-refractivity contribution in [2.75, 3.05) is 0 Å². The Kier molecular flexibility index (Phi) is 7.10. The van der Waals surface area contributed by atoms with Crippen LogP contribution in [0.15, 0.2) is 18.2 Å². The Bertz CT molecular complexity index is 972. The summed E-state index contributed by atoms with van der Waals surface area (Å²) in [7, 11) is -7.34. The Morgan fingerprint density at radius 2 is 1.38 bits per heavy atom. The molecule has 1 aromatic rings. The molecule has 0 N–H and O–H groups in total. The molecule has 0 saturated heterocycles. The van der Waals surface area contributed by atoms with Gasteiger partial charge in [0.05, 0.1) is 22.7 Å². The summed E-state index contributed by atoms with van der Waals surface area (Å²) >= 11 is 0. The summed E-state index contributed by atoms with van der Waals surface area (Å²) < 4.78 is 181. The summed E-state index contributed by atoms with van der Waals surface area (Å²) in [5.41, 5.74) is -5.38. The van der Waals surface area contributed by atoms with Gasteiger partial charge in [0.2, 0.25) is 0 Å². The molecule has 0 radical (unpaired) electrons. The standard InChI is InChI=1S/C12H5F12NO6S/c13-8(14,15)6-2-1-3-7(25(26)27)5(6)4-30-32(28,29)12(23,24)11(21,22)31-10(19,20)9(16,17)18/h1-3H,4H2. The summed E-state index contributed by atoms with van der Waals surface area (Å²) in [6.45, 7) is -2.37. The SMILES string of the molecule is O=[N+]([O-])c1cccc(C(F)(F)F)c1COS(=O)(=O)C(F)(F)C(F)(F)OC(F)(F)C(F)(F)F. The third-order valence-corrected chi connectivity index (χ3v) is 4.54. The predicted octanol–water partition coefficient (Wildman–Crippen LogP) is 4.82. The average molecular weight is 519 g/mol. The van der Waals surface area contributed by atoms with Crippen molar-refractivity contribution in [3.63, 3.8) is 0 Å². The van der Waals surface area contributed by atoms with Gasteiger partial charge in [-0.15, -0.1) is 0 Å². The maximum atomic E-state index is 13.5. The van der Waals surface area contributed by atoms with Gasteiger partial charge in [-0.3, -0.25) is 14.3 Å². The van der Waals surface area contributed by atoms with E-state index in [4.69, 9.17) is 0 Å². The summed E-state index contributed by atoms with van der Waals surface area (Å²) in [6.07, 6.45) is -26.6. The molecule has 184 valence electrons. The smallest absolute Gasteiger partial charge is 0.260 e. The highest BCUT2D eigenvalue weighted by Gasteiger charge is 2.75. The third-order valence-electron chi connectivity index (χ3n) is 3.25. The number of hydrogen-bond donors (Lipinski definition) is 0. The molecule has 0 amide bonds. The van der Waals surface area contributed by atoms with Crippen LogP contribution in [0.25, 0.3) is 0 Å². The molecule has 0 aromatic heterocycles. The van der Waals surface area contributed by atoms with Gasteiger partial charge in [0.25, 0.3) is 5.69 Å². The zero-order chi connectivity index (χ0) is 25.6. The quantitative estimate of drug-likeness (QED) is 0.212. The van der Waals surface area contributed by atoms with Crippen LogP contribution in [0.3, 0.4) is 0 Å². The van der Waals surface area contributed by atoms with Gasteiger partial charge in [-0.1, -0.05) is 6.07 Å². The van der Waals surface area contributed by atoms with Gasteiger partial charge in [-0.25, -0.2) is 4.74 Å². The molecule has 0 heterocycles. The molecule has 0 fully saturated rings. The van der Waals surface area contributed by atoms with Crippen LogP contribution >= 0.6 is 0 Å². The summed E-state index contributed by atoms with van der Waals surface area (Å²) in [5.74, 6) is 0. The highest BCUT2D eigenvalue weighted by Crippen LogP contribution is 2.48. The maximum absolute atomic E-state index is 13.5. The molecule has 0 spiro atoms. The van der Waals surface area contributed by atoms with Crippen molar-refractivity contribution >= 4 is 15.8 Å². The monoisotopic (exact) mass is 519 g/mol. The fourth-order valence-electron chi connectivity index (χ4n) is 1.80. The molecule has 1 aromatic carbocycles. The van der Waals surface area contributed by atoms with Crippen LogP contribution in [-0.2, 0) is 31.8 Å². The van der Waals surface area contributed by atoms with E-state index in [1.807, 2.05) is 0 Å². The van der Waals surface area contributed by atoms with E-state index < -0.39 is 68.3 Å². The van der Waals surface area contributed by atoms with Crippen molar-refractivity contribution in [2.24, 2.45) is 0 Å². The molecule has 7 nitrogen and oxygen atoms in total. The fraction of sp³-hybridized carbons (Fsp3) is 0.500. The van der Waals surface area contributed by atoms with Crippen molar-refractivity contribution in [1.29, 1.82) is 0 Å². The van der Waals surface area contributed by atoms with Crippen LogP contribution in [0.1, 0.15) is 11.1 Å². The normalized spacial score (nSPS) is 14.5. The lowest BCUT2D eigenvalue weighted by Crippen LogP contribution is -2.55. The van der Waals surface area contributed by atoms with Gasteiger partial charge in [0.15, 0.2) is 0 Å². The van der Waals surface area contributed by atoms with Gasteiger partial charge in [-0.05, 0) is 6.07 Å². The Hall–Kier alpha value is -2.35. The first-order valence-corrected chi connectivity index (χ1v) is 8.51. The van der Waals surface area contributed by atoms with Crippen LogP contribution in [0, 0.1) is 10.1 Å². The minimum atomic E-state index is -7.34. The van der Waals surface area contributed by atoms with Crippen LogP contribution in [-0.4, -0.2) is 37.0 Å². The van der Waals surface area contributed by atoms with E-state index >= 15 is 0 Å². The second kappa shape index (κ2) is 8.21. The van der Waals surface area contributed by atoms with E-state index in [0.717, 1.165) is 0 Å². The molecule has 0 aliphatic rings. The Balaban J connectivity index is 3.37. The number of alkyl halides is 12. The van der Waals surface area contributed by atoms with Crippen molar-refractivity contribution in [3.05, 3.63) is 39.4 Å². The minimum absolute atomic E-state index is 0.0814. The van der Waals surface area contributed by atoms with Gasteiger partial charge >= 0.3 is 39.9 Å². The van der Waals surface area contributed by atoms with Crippen molar-refractivity contribution in [3.8, 4) is 0 Å². The molecule has 0 atom stereocenters. The molecular formula is C12H5F12NO6S. The van der Waals surface area contributed by atoms with Gasteiger partial charge in [-0.2, -0.15) is 61.1 Å². The summed E-state index contributed by atoms with van der Waals surface area (Å²) in [4.78, 5) is 9.22. The molecule has 0 unspecified atom stereocenters. The number of hydrogen-bond acceptors (Lipinski definition) is 6.